The van der Waals surface area contributed by atoms with Gasteiger partial charge in [-0.1, -0.05) is 55.8 Å². The van der Waals surface area contributed by atoms with Gasteiger partial charge in [0.15, 0.2) is 0 Å². The highest BCUT2D eigenvalue weighted by Crippen LogP contribution is 2.19. The van der Waals surface area contributed by atoms with E-state index in [4.69, 9.17) is 0 Å². The Hall–Kier alpha value is -1.67. The van der Waals surface area contributed by atoms with E-state index in [2.05, 4.69) is 50.4 Å². The number of rotatable bonds is 5. The third-order valence-electron chi connectivity index (χ3n) is 3.90. The Balaban J connectivity index is 2.01. The van der Waals surface area contributed by atoms with Crippen LogP contribution in [0.3, 0.4) is 0 Å². The van der Waals surface area contributed by atoms with Gasteiger partial charge in [0.25, 0.3) is 0 Å². The summed E-state index contributed by atoms with van der Waals surface area (Å²) in [5.41, 5.74) is 4.38. The van der Waals surface area contributed by atoms with Crippen LogP contribution < -0.4 is 5.32 Å². The van der Waals surface area contributed by atoms with E-state index < -0.39 is 0 Å². The fourth-order valence-electron chi connectivity index (χ4n) is 2.39. The van der Waals surface area contributed by atoms with E-state index in [1.54, 1.807) is 6.07 Å². The minimum atomic E-state index is -0.143. The van der Waals surface area contributed by atoms with Crippen molar-refractivity contribution < 1.29 is 4.39 Å². The summed E-state index contributed by atoms with van der Waals surface area (Å²) in [6.07, 6.45) is 0. The summed E-state index contributed by atoms with van der Waals surface area (Å²) >= 11 is 0. The topological polar surface area (TPSA) is 12.0 Å². The van der Waals surface area contributed by atoms with E-state index in [1.807, 2.05) is 13.0 Å². The molecule has 21 heavy (non-hydrogen) atoms. The van der Waals surface area contributed by atoms with E-state index in [1.165, 1.54) is 17.2 Å². The zero-order chi connectivity index (χ0) is 15.4. The van der Waals surface area contributed by atoms with Crippen LogP contribution in [0.4, 0.5) is 4.39 Å². The zero-order valence-electron chi connectivity index (χ0n) is 13.3. The van der Waals surface area contributed by atoms with Gasteiger partial charge in [-0.15, -0.1) is 0 Å². The first kappa shape index (κ1) is 15.7. The van der Waals surface area contributed by atoms with Gasteiger partial charge in [-0.2, -0.15) is 0 Å². The lowest BCUT2D eigenvalue weighted by molar-refractivity contribution is 0.543. The monoisotopic (exact) mass is 285 g/mol. The van der Waals surface area contributed by atoms with E-state index >= 15 is 0 Å². The molecule has 1 unspecified atom stereocenters. The highest BCUT2D eigenvalue weighted by atomic mass is 19.1. The number of hydrogen-bond acceptors (Lipinski definition) is 1. The van der Waals surface area contributed by atoms with Crippen LogP contribution >= 0.6 is 0 Å². The summed E-state index contributed by atoms with van der Waals surface area (Å²) in [5, 5.41) is 3.39. The molecule has 2 aromatic carbocycles. The predicted molar refractivity (Wildman–Crippen MR) is 86.9 cm³/mol. The normalized spacial score (nSPS) is 12.7. The molecular weight excluding hydrogens is 261 g/mol. The lowest BCUT2D eigenvalue weighted by Gasteiger charge is -2.16. The fourth-order valence-corrected chi connectivity index (χ4v) is 2.39. The summed E-state index contributed by atoms with van der Waals surface area (Å²) < 4.78 is 13.7. The van der Waals surface area contributed by atoms with Crippen LogP contribution in [0.5, 0.6) is 0 Å². The number of aryl methyl sites for hydroxylation is 1. The second-order valence-electron chi connectivity index (χ2n) is 6.02. The van der Waals surface area contributed by atoms with Gasteiger partial charge in [0, 0.05) is 18.2 Å². The molecule has 1 nitrogen and oxygen atoms in total. The molecule has 0 aliphatic heterocycles. The number of benzene rings is 2. The lowest BCUT2D eigenvalue weighted by atomic mass is 9.99. The standard InChI is InChI=1S/C19H24FN/c1-13(2)16-6-8-17(9-7-16)15(4)21-12-18-11-14(3)5-10-19(18)20/h5-11,13,15,21H,12H2,1-4H3. The molecule has 0 fully saturated rings. The van der Waals surface area contributed by atoms with Crippen molar-refractivity contribution in [3.63, 3.8) is 0 Å². The molecule has 1 atom stereocenters. The van der Waals surface area contributed by atoms with Gasteiger partial charge in [-0.25, -0.2) is 4.39 Å². The van der Waals surface area contributed by atoms with E-state index in [0.29, 0.717) is 12.5 Å². The Morgan fingerprint density at radius 1 is 0.952 bits per heavy atom. The summed E-state index contributed by atoms with van der Waals surface area (Å²) in [4.78, 5) is 0. The predicted octanol–water partition coefficient (Wildman–Crippen LogP) is 5.11. The summed E-state index contributed by atoms with van der Waals surface area (Å²) in [5.74, 6) is 0.402. The van der Waals surface area contributed by atoms with Gasteiger partial charge in [0.2, 0.25) is 0 Å². The third-order valence-corrected chi connectivity index (χ3v) is 3.90. The van der Waals surface area contributed by atoms with Crippen molar-refractivity contribution >= 4 is 0 Å². The minimum absolute atomic E-state index is 0.143. The SMILES string of the molecule is Cc1ccc(F)c(CNC(C)c2ccc(C(C)C)cc2)c1. The molecule has 0 aliphatic rings. The van der Waals surface area contributed by atoms with Gasteiger partial charge in [-0.3, -0.25) is 0 Å². The Kier molecular flexibility index (Phi) is 5.13. The average molecular weight is 285 g/mol. The third kappa shape index (κ3) is 4.15. The quantitative estimate of drug-likeness (QED) is 0.805. The van der Waals surface area contributed by atoms with Gasteiger partial charge in [0.1, 0.15) is 5.82 Å². The molecule has 0 heterocycles. The van der Waals surface area contributed by atoms with Gasteiger partial charge in [0.05, 0.1) is 0 Å². The van der Waals surface area contributed by atoms with Gasteiger partial charge in [-0.05, 0) is 37.0 Å². The van der Waals surface area contributed by atoms with Crippen molar-refractivity contribution in [1.82, 2.24) is 5.32 Å². The Labute approximate surface area is 127 Å². The van der Waals surface area contributed by atoms with Crippen LogP contribution in [0.25, 0.3) is 0 Å². The molecule has 0 aromatic heterocycles. The molecule has 2 aromatic rings. The van der Waals surface area contributed by atoms with Gasteiger partial charge < -0.3 is 5.32 Å². The Morgan fingerprint density at radius 3 is 2.19 bits per heavy atom. The molecule has 0 spiro atoms. The van der Waals surface area contributed by atoms with Crippen molar-refractivity contribution in [3.8, 4) is 0 Å². The molecule has 1 N–H and O–H groups in total. The number of halogens is 1. The molecule has 0 saturated heterocycles. The van der Waals surface area contributed by atoms with E-state index in [9.17, 15) is 4.39 Å². The molecule has 0 radical (unpaired) electrons. The van der Waals surface area contributed by atoms with Crippen LogP contribution in [-0.2, 0) is 6.54 Å². The number of hydrogen-bond donors (Lipinski definition) is 1. The molecule has 2 rings (SSSR count). The molecule has 112 valence electrons. The highest BCUT2D eigenvalue weighted by Gasteiger charge is 2.08. The maximum absolute atomic E-state index is 13.7. The Morgan fingerprint density at radius 2 is 1.57 bits per heavy atom. The van der Waals surface area contributed by atoms with Crippen LogP contribution in [0.15, 0.2) is 42.5 Å². The van der Waals surface area contributed by atoms with E-state index in [-0.39, 0.29) is 11.9 Å². The largest absolute Gasteiger partial charge is 0.306 e. The van der Waals surface area contributed by atoms with Crippen molar-refractivity contribution in [2.45, 2.75) is 46.2 Å². The van der Waals surface area contributed by atoms with Crippen molar-refractivity contribution in [3.05, 3.63) is 70.5 Å². The first-order valence-corrected chi connectivity index (χ1v) is 7.55. The van der Waals surface area contributed by atoms with Gasteiger partial charge >= 0.3 is 0 Å². The highest BCUT2D eigenvalue weighted by molar-refractivity contribution is 5.27. The van der Waals surface area contributed by atoms with Crippen LogP contribution in [0.2, 0.25) is 0 Å². The van der Waals surface area contributed by atoms with Crippen molar-refractivity contribution in [2.75, 3.05) is 0 Å². The summed E-state index contributed by atoms with van der Waals surface area (Å²) in [7, 11) is 0. The fraction of sp³-hybridized carbons (Fsp3) is 0.368. The lowest BCUT2D eigenvalue weighted by Crippen LogP contribution is -2.19. The maximum atomic E-state index is 13.7. The van der Waals surface area contributed by atoms with Crippen molar-refractivity contribution in [2.24, 2.45) is 0 Å². The summed E-state index contributed by atoms with van der Waals surface area (Å²) in [6, 6.07) is 14.1. The van der Waals surface area contributed by atoms with Crippen molar-refractivity contribution in [1.29, 1.82) is 0 Å². The molecule has 0 saturated carbocycles. The summed E-state index contributed by atoms with van der Waals surface area (Å²) in [6.45, 7) is 9.02. The van der Waals surface area contributed by atoms with Crippen LogP contribution in [-0.4, -0.2) is 0 Å². The second kappa shape index (κ2) is 6.86. The molecular formula is C19H24FN. The maximum Gasteiger partial charge on any atom is 0.127 e. The molecule has 0 amide bonds. The molecule has 2 heteroatoms. The van der Waals surface area contributed by atoms with E-state index in [0.717, 1.165) is 11.1 Å². The smallest absolute Gasteiger partial charge is 0.127 e. The molecule has 0 bridgehead atoms. The average Bonchev–Trinajstić information content (AvgIpc) is 2.48. The number of nitrogens with one attached hydrogen (secondary N) is 1. The first-order valence-electron chi connectivity index (χ1n) is 7.55. The molecule has 0 aliphatic carbocycles. The Bertz CT molecular complexity index is 587. The van der Waals surface area contributed by atoms with Crippen LogP contribution in [0.1, 0.15) is 55.0 Å². The first-order chi connectivity index (χ1) is 9.97. The second-order valence-corrected chi connectivity index (χ2v) is 6.02. The van der Waals surface area contributed by atoms with Crippen LogP contribution in [0, 0.1) is 12.7 Å². The zero-order valence-corrected chi connectivity index (χ0v) is 13.3. The minimum Gasteiger partial charge on any atom is -0.306 e.